The van der Waals surface area contributed by atoms with E-state index in [1.807, 2.05) is 0 Å². The molecular weight excluding hydrogens is 448 g/mol. The van der Waals surface area contributed by atoms with E-state index in [0.29, 0.717) is 6.42 Å². The molecule has 0 aliphatic carbocycles. The van der Waals surface area contributed by atoms with Crippen LogP contribution in [0.3, 0.4) is 0 Å². The average molecular weight is 507 g/mol. The van der Waals surface area contributed by atoms with Gasteiger partial charge in [0.05, 0.1) is 0 Å². The molecule has 0 heterocycles. The molecule has 0 rings (SSSR count). The number of carbonyl (C=O) groups is 2. The van der Waals surface area contributed by atoms with E-state index in [1.54, 1.807) is 0 Å². The molecule has 0 aliphatic heterocycles. The van der Waals surface area contributed by atoms with Crippen LogP contribution in [0.2, 0.25) is 0 Å². The Morgan fingerprint density at radius 1 is 0.611 bits per heavy atom. The van der Waals surface area contributed by atoms with Gasteiger partial charge in [0.1, 0.15) is 6.10 Å². The summed E-state index contributed by atoms with van der Waals surface area (Å²) >= 11 is 0. The molecule has 0 aliphatic rings. The van der Waals surface area contributed by atoms with Crippen LogP contribution >= 0.6 is 0 Å². The largest absolute Gasteiger partial charge is 0.481 e. The summed E-state index contributed by atoms with van der Waals surface area (Å²) in [5.41, 5.74) is 0. The number of carbonyl (C=O) groups excluding carboxylic acids is 1. The Bertz CT molecular complexity index is 552. The molecule has 0 bridgehead atoms. The summed E-state index contributed by atoms with van der Waals surface area (Å²) in [7, 11) is 0. The van der Waals surface area contributed by atoms with Gasteiger partial charge in [-0.15, -0.1) is 0 Å². The topological polar surface area (TPSA) is 63.6 Å². The van der Waals surface area contributed by atoms with Gasteiger partial charge in [-0.1, -0.05) is 109 Å². The van der Waals surface area contributed by atoms with Crippen molar-refractivity contribution in [3.63, 3.8) is 0 Å². The van der Waals surface area contributed by atoms with Gasteiger partial charge in [0, 0.05) is 12.8 Å². The van der Waals surface area contributed by atoms with Gasteiger partial charge in [-0.05, 0) is 64.2 Å². The molecular formula is C32H58O4. The molecule has 1 atom stereocenters. The van der Waals surface area contributed by atoms with Crippen LogP contribution in [0.25, 0.3) is 0 Å². The molecule has 0 amide bonds. The first kappa shape index (κ1) is 34.4. The van der Waals surface area contributed by atoms with Gasteiger partial charge in [-0.3, -0.25) is 9.59 Å². The Hall–Kier alpha value is -1.58. The maximum absolute atomic E-state index is 12.4. The van der Waals surface area contributed by atoms with Gasteiger partial charge < -0.3 is 9.84 Å². The number of hydrogen-bond acceptors (Lipinski definition) is 3. The number of carboxylic acids is 1. The smallest absolute Gasteiger partial charge is 0.306 e. The minimum atomic E-state index is -0.715. The average Bonchev–Trinajstić information content (AvgIpc) is 2.85. The highest BCUT2D eigenvalue weighted by Crippen LogP contribution is 2.18. The summed E-state index contributed by atoms with van der Waals surface area (Å²) in [6.07, 6.45) is 33.2. The molecule has 1 N–H and O–H groups in total. The van der Waals surface area contributed by atoms with Crippen molar-refractivity contribution in [2.45, 2.75) is 168 Å². The van der Waals surface area contributed by atoms with Gasteiger partial charge in [0.2, 0.25) is 0 Å². The number of hydrogen-bond donors (Lipinski definition) is 1. The van der Waals surface area contributed by atoms with Crippen molar-refractivity contribution in [1.82, 2.24) is 0 Å². The number of ether oxygens (including phenoxy) is 1. The molecule has 1 unspecified atom stereocenters. The van der Waals surface area contributed by atoms with E-state index in [-0.39, 0.29) is 18.5 Å². The quantitative estimate of drug-likeness (QED) is 0.0683. The first-order valence-corrected chi connectivity index (χ1v) is 15.3. The Labute approximate surface area is 223 Å². The lowest BCUT2D eigenvalue weighted by Gasteiger charge is -2.18. The molecule has 0 saturated carbocycles. The van der Waals surface area contributed by atoms with Crippen molar-refractivity contribution in [2.24, 2.45) is 0 Å². The van der Waals surface area contributed by atoms with Crippen LogP contribution in [-0.2, 0) is 14.3 Å². The van der Waals surface area contributed by atoms with Crippen molar-refractivity contribution in [3.8, 4) is 0 Å². The predicted molar refractivity (Wildman–Crippen MR) is 153 cm³/mol. The van der Waals surface area contributed by atoms with Crippen LogP contribution < -0.4 is 0 Å². The fourth-order valence-electron chi connectivity index (χ4n) is 4.40. The fraction of sp³-hybridized carbons (Fsp3) is 0.812. The second-order valence-corrected chi connectivity index (χ2v) is 10.3. The monoisotopic (exact) mass is 506 g/mol. The van der Waals surface area contributed by atoms with Crippen LogP contribution in [0.5, 0.6) is 0 Å². The minimum Gasteiger partial charge on any atom is -0.481 e. The highest BCUT2D eigenvalue weighted by Gasteiger charge is 2.14. The molecule has 0 fully saturated rings. The second-order valence-electron chi connectivity index (χ2n) is 10.3. The van der Waals surface area contributed by atoms with Crippen LogP contribution in [0.15, 0.2) is 24.3 Å². The summed E-state index contributed by atoms with van der Waals surface area (Å²) in [6, 6.07) is 0. The fourth-order valence-corrected chi connectivity index (χ4v) is 4.40. The van der Waals surface area contributed by atoms with Crippen molar-refractivity contribution in [3.05, 3.63) is 24.3 Å². The van der Waals surface area contributed by atoms with Crippen LogP contribution in [0.4, 0.5) is 0 Å². The Kier molecular flexibility index (Phi) is 26.8. The third-order valence-electron chi connectivity index (χ3n) is 6.66. The molecule has 0 aromatic carbocycles. The van der Waals surface area contributed by atoms with E-state index in [2.05, 4.69) is 38.2 Å². The Morgan fingerprint density at radius 3 is 1.75 bits per heavy atom. The van der Waals surface area contributed by atoms with Crippen molar-refractivity contribution >= 4 is 11.9 Å². The molecule has 4 nitrogen and oxygen atoms in total. The van der Waals surface area contributed by atoms with Crippen LogP contribution in [-0.4, -0.2) is 23.1 Å². The number of carboxylic acid groups (broad SMARTS) is 1. The van der Waals surface area contributed by atoms with E-state index in [9.17, 15) is 9.59 Å². The van der Waals surface area contributed by atoms with Gasteiger partial charge in [-0.25, -0.2) is 0 Å². The summed E-state index contributed by atoms with van der Waals surface area (Å²) in [5, 5.41) is 8.76. The molecule has 0 spiro atoms. The number of unbranched alkanes of at least 4 members (excludes halogenated alkanes) is 14. The Morgan fingerprint density at radius 2 is 1.14 bits per heavy atom. The lowest BCUT2D eigenvalue weighted by molar-refractivity contribution is -0.150. The molecule has 4 heteroatoms. The maximum atomic E-state index is 12.4. The molecule has 210 valence electrons. The second kappa shape index (κ2) is 28.0. The first-order chi connectivity index (χ1) is 17.6. The highest BCUT2D eigenvalue weighted by atomic mass is 16.5. The summed E-state index contributed by atoms with van der Waals surface area (Å²) < 4.78 is 5.88. The molecule has 0 saturated heterocycles. The third kappa shape index (κ3) is 27.0. The van der Waals surface area contributed by atoms with Crippen molar-refractivity contribution < 1.29 is 19.4 Å². The summed E-state index contributed by atoms with van der Waals surface area (Å²) in [4.78, 5) is 23.1. The van der Waals surface area contributed by atoms with E-state index in [0.717, 1.165) is 70.6 Å². The number of aliphatic carboxylic acids is 1. The van der Waals surface area contributed by atoms with E-state index in [4.69, 9.17) is 9.84 Å². The molecule has 0 aromatic rings. The number of allylic oxidation sites excluding steroid dienone is 4. The lowest BCUT2D eigenvalue weighted by Crippen LogP contribution is -2.18. The zero-order chi connectivity index (χ0) is 26.5. The van der Waals surface area contributed by atoms with Crippen LogP contribution in [0.1, 0.15) is 162 Å². The lowest BCUT2D eigenvalue weighted by atomic mass is 10.0. The standard InChI is InChI=1S/C32H58O4/c1-3-5-7-9-11-12-13-14-15-16-17-19-25-29-32(35)36-30(26-22-18-10-8-6-4-2)27-23-20-21-24-28-31(33)34/h7,9,12-13,30H,3-6,8,10-11,14-29H2,1-2H3,(H,33,34)/b9-7-,13-12-. The summed E-state index contributed by atoms with van der Waals surface area (Å²) in [5.74, 6) is -0.747. The summed E-state index contributed by atoms with van der Waals surface area (Å²) in [6.45, 7) is 4.44. The Balaban J connectivity index is 3.98. The molecule has 0 aromatic heterocycles. The SMILES string of the molecule is CCC/C=C\C/C=C\CCCCCCCC(=O)OC(CCCCCCCC)CCCCCCC(=O)O. The van der Waals surface area contributed by atoms with E-state index < -0.39 is 5.97 Å². The van der Waals surface area contributed by atoms with Crippen molar-refractivity contribution in [2.75, 3.05) is 0 Å². The first-order valence-electron chi connectivity index (χ1n) is 15.3. The predicted octanol–water partition coefficient (Wildman–Crippen LogP) is 10.1. The van der Waals surface area contributed by atoms with E-state index >= 15 is 0 Å². The van der Waals surface area contributed by atoms with Crippen molar-refractivity contribution in [1.29, 1.82) is 0 Å². The third-order valence-corrected chi connectivity index (χ3v) is 6.66. The van der Waals surface area contributed by atoms with Gasteiger partial charge in [0.25, 0.3) is 0 Å². The molecule has 36 heavy (non-hydrogen) atoms. The van der Waals surface area contributed by atoms with Gasteiger partial charge in [0.15, 0.2) is 0 Å². The number of esters is 1. The highest BCUT2D eigenvalue weighted by molar-refractivity contribution is 5.69. The zero-order valence-corrected chi connectivity index (χ0v) is 23.8. The van der Waals surface area contributed by atoms with Crippen LogP contribution in [0, 0.1) is 0 Å². The van der Waals surface area contributed by atoms with E-state index in [1.165, 1.54) is 64.2 Å². The normalized spacial score (nSPS) is 12.5. The maximum Gasteiger partial charge on any atom is 0.306 e. The zero-order valence-electron chi connectivity index (χ0n) is 23.8. The number of rotatable bonds is 27. The van der Waals surface area contributed by atoms with Gasteiger partial charge in [-0.2, -0.15) is 0 Å². The minimum absolute atomic E-state index is 0.0316. The van der Waals surface area contributed by atoms with Gasteiger partial charge >= 0.3 is 11.9 Å². The molecule has 0 radical (unpaired) electrons.